The Labute approximate surface area is 104 Å². The fraction of sp³-hybridized carbons (Fsp3) is 0.333. The van der Waals surface area contributed by atoms with Crippen LogP contribution in [0.4, 0.5) is 9.18 Å². The molecule has 0 heterocycles. The average Bonchev–Trinajstić information content (AvgIpc) is 2.37. The molecular formula is C12H14FNO4. The molecule has 98 valence electrons. The number of carboxylic acid groups (broad SMARTS) is 1. The number of halogens is 1. The Morgan fingerprint density at radius 1 is 1.33 bits per heavy atom. The van der Waals surface area contributed by atoms with E-state index in [1.165, 1.54) is 0 Å². The molecule has 0 aliphatic carbocycles. The van der Waals surface area contributed by atoms with Crippen molar-refractivity contribution in [2.75, 3.05) is 6.67 Å². The Kier molecular flexibility index (Phi) is 5.63. The van der Waals surface area contributed by atoms with E-state index in [2.05, 4.69) is 5.32 Å². The minimum Gasteiger partial charge on any atom is -0.480 e. The predicted molar refractivity (Wildman–Crippen MR) is 61.8 cm³/mol. The first kappa shape index (κ1) is 14.0. The minimum atomic E-state index is -1.29. The fourth-order valence-electron chi connectivity index (χ4n) is 1.27. The summed E-state index contributed by atoms with van der Waals surface area (Å²) in [6.07, 6.45) is -1.16. The smallest absolute Gasteiger partial charge is 0.408 e. The van der Waals surface area contributed by atoms with Gasteiger partial charge in [0.05, 0.1) is 6.67 Å². The van der Waals surface area contributed by atoms with Crippen LogP contribution in [-0.4, -0.2) is 29.9 Å². The highest BCUT2D eigenvalue weighted by molar-refractivity contribution is 5.79. The number of hydrogen-bond donors (Lipinski definition) is 2. The molecule has 0 fully saturated rings. The number of carbonyl (C=O) groups excluding carboxylic acids is 1. The second-order valence-electron chi connectivity index (χ2n) is 3.57. The van der Waals surface area contributed by atoms with Gasteiger partial charge in [-0.25, -0.2) is 9.59 Å². The third-order valence-corrected chi connectivity index (χ3v) is 2.20. The van der Waals surface area contributed by atoms with Gasteiger partial charge in [0.1, 0.15) is 12.6 Å². The summed E-state index contributed by atoms with van der Waals surface area (Å²) in [6, 6.07) is 7.68. The van der Waals surface area contributed by atoms with E-state index in [1.54, 1.807) is 24.3 Å². The lowest BCUT2D eigenvalue weighted by Gasteiger charge is -2.12. The molecule has 1 atom stereocenters. The van der Waals surface area contributed by atoms with Crippen molar-refractivity contribution in [2.45, 2.75) is 19.1 Å². The van der Waals surface area contributed by atoms with Crippen molar-refractivity contribution in [2.24, 2.45) is 0 Å². The van der Waals surface area contributed by atoms with Gasteiger partial charge in [-0.1, -0.05) is 30.3 Å². The van der Waals surface area contributed by atoms with Crippen molar-refractivity contribution in [1.29, 1.82) is 0 Å². The van der Waals surface area contributed by atoms with Gasteiger partial charge in [0.25, 0.3) is 0 Å². The van der Waals surface area contributed by atoms with Crippen molar-refractivity contribution in [3.8, 4) is 0 Å². The second-order valence-corrected chi connectivity index (χ2v) is 3.57. The first-order valence-corrected chi connectivity index (χ1v) is 5.39. The van der Waals surface area contributed by atoms with Crippen LogP contribution in [0.1, 0.15) is 12.0 Å². The first-order valence-electron chi connectivity index (χ1n) is 5.39. The first-order chi connectivity index (χ1) is 8.63. The van der Waals surface area contributed by atoms with Crippen LogP contribution in [0.5, 0.6) is 0 Å². The van der Waals surface area contributed by atoms with Crippen molar-refractivity contribution in [3.63, 3.8) is 0 Å². The monoisotopic (exact) mass is 255 g/mol. The molecule has 1 unspecified atom stereocenters. The Hall–Kier alpha value is -2.11. The van der Waals surface area contributed by atoms with Crippen LogP contribution in [0.25, 0.3) is 0 Å². The van der Waals surface area contributed by atoms with E-state index < -0.39 is 24.8 Å². The lowest BCUT2D eigenvalue weighted by Crippen LogP contribution is -2.41. The molecule has 5 nitrogen and oxygen atoms in total. The number of aliphatic carboxylic acids is 1. The normalized spacial score (nSPS) is 11.6. The zero-order chi connectivity index (χ0) is 13.4. The van der Waals surface area contributed by atoms with Gasteiger partial charge in [0.15, 0.2) is 0 Å². The number of nitrogens with one attached hydrogen (secondary N) is 1. The maximum atomic E-state index is 12.0. The van der Waals surface area contributed by atoms with Crippen LogP contribution in [0, 0.1) is 0 Å². The number of amides is 1. The van der Waals surface area contributed by atoms with E-state index in [0.717, 1.165) is 5.56 Å². The molecule has 0 saturated heterocycles. The summed E-state index contributed by atoms with van der Waals surface area (Å²) in [5.74, 6) is -1.29. The number of rotatable bonds is 6. The fourth-order valence-corrected chi connectivity index (χ4v) is 1.27. The Morgan fingerprint density at radius 2 is 2.00 bits per heavy atom. The number of benzene rings is 1. The minimum absolute atomic E-state index is 0.0363. The Bertz CT molecular complexity index is 396. The quantitative estimate of drug-likeness (QED) is 0.811. The van der Waals surface area contributed by atoms with E-state index >= 15 is 0 Å². The molecule has 0 radical (unpaired) electrons. The molecule has 1 amide bonds. The number of carboxylic acids is 1. The van der Waals surface area contributed by atoms with Gasteiger partial charge in [-0.05, 0) is 5.56 Å². The standard InChI is InChI=1S/C12H14FNO4/c13-7-6-10(11(15)16)14-12(17)18-8-9-4-2-1-3-5-9/h1-5,10H,6-8H2,(H,14,17)(H,15,16). The highest BCUT2D eigenvalue weighted by Crippen LogP contribution is 2.01. The summed E-state index contributed by atoms with van der Waals surface area (Å²) in [5.41, 5.74) is 0.782. The molecule has 1 aromatic rings. The van der Waals surface area contributed by atoms with Gasteiger partial charge in [-0.15, -0.1) is 0 Å². The van der Waals surface area contributed by atoms with Gasteiger partial charge < -0.3 is 15.2 Å². The maximum Gasteiger partial charge on any atom is 0.408 e. The van der Waals surface area contributed by atoms with Crippen molar-refractivity contribution < 1.29 is 23.8 Å². The summed E-state index contributed by atoms with van der Waals surface area (Å²) in [4.78, 5) is 21.9. The second kappa shape index (κ2) is 7.26. The molecule has 1 rings (SSSR count). The Balaban J connectivity index is 2.39. The molecule has 0 bridgehead atoms. The zero-order valence-corrected chi connectivity index (χ0v) is 9.64. The summed E-state index contributed by atoms with van der Waals surface area (Å²) in [5, 5.41) is 10.8. The molecule has 0 aliphatic heterocycles. The lowest BCUT2D eigenvalue weighted by atomic mass is 10.2. The summed E-state index contributed by atoms with van der Waals surface area (Å²) in [6.45, 7) is -0.787. The largest absolute Gasteiger partial charge is 0.480 e. The summed E-state index contributed by atoms with van der Waals surface area (Å²) < 4.78 is 16.9. The predicted octanol–water partition coefficient (Wildman–Crippen LogP) is 1.73. The highest BCUT2D eigenvalue weighted by Gasteiger charge is 2.20. The number of ether oxygens (including phenoxy) is 1. The SMILES string of the molecule is O=C(NC(CCF)C(=O)O)OCc1ccccc1. The van der Waals surface area contributed by atoms with Crippen molar-refractivity contribution in [3.05, 3.63) is 35.9 Å². The van der Waals surface area contributed by atoms with Crippen molar-refractivity contribution >= 4 is 12.1 Å². The Morgan fingerprint density at radius 3 is 2.56 bits per heavy atom. The van der Waals surface area contributed by atoms with Gasteiger partial charge in [0, 0.05) is 6.42 Å². The summed E-state index contributed by atoms with van der Waals surface area (Å²) >= 11 is 0. The molecular weight excluding hydrogens is 241 g/mol. The van der Waals surface area contributed by atoms with Crippen molar-refractivity contribution in [1.82, 2.24) is 5.32 Å². The van der Waals surface area contributed by atoms with Crippen LogP contribution >= 0.6 is 0 Å². The van der Waals surface area contributed by atoms with Crippen LogP contribution < -0.4 is 5.32 Å². The van der Waals surface area contributed by atoms with Crippen LogP contribution in [0.3, 0.4) is 0 Å². The molecule has 0 aromatic heterocycles. The molecule has 1 aromatic carbocycles. The molecule has 0 spiro atoms. The molecule has 6 heteroatoms. The zero-order valence-electron chi connectivity index (χ0n) is 9.64. The number of hydrogen-bond acceptors (Lipinski definition) is 3. The lowest BCUT2D eigenvalue weighted by molar-refractivity contribution is -0.139. The highest BCUT2D eigenvalue weighted by atomic mass is 19.1. The molecule has 0 aliphatic rings. The third kappa shape index (κ3) is 4.82. The van der Waals surface area contributed by atoms with E-state index in [4.69, 9.17) is 9.84 Å². The van der Waals surface area contributed by atoms with E-state index in [1.807, 2.05) is 6.07 Å². The number of carbonyl (C=O) groups is 2. The van der Waals surface area contributed by atoms with Gasteiger partial charge in [0.2, 0.25) is 0 Å². The van der Waals surface area contributed by atoms with Gasteiger partial charge in [-0.3, -0.25) is 4.39 Å². The molecule has 0 saturated carbocycles. The van der Waals surface area contributed by atoms with Crippen LogP contribution in [-0.2, 0) is 16.1 Å². The van der Waals surface area contributed by atoms with E-state index in [0.29, 0.717) is 0 Å². The van der Waals surface area contributed by atoms with E-state index in [9.17, 15) is 14.0 Å². The topological polar surface area (TPSA) is 75.6 Å². The van der Waals surface area contributed by atoms with Gasteiger partial charge >= 0.3 is 12.1 Å². The third-order valence-electron chi connectivity index (χ3n) is 2.20. The van der Waals surface area contributed by atoms with Gasteiger partial charge in [-0.2, -0.15) is 0 Å². The van der Waals surface area contributed by atoms with E-state index in [-0.39, 0.29) is 13.0 Å². The maximum absolute atomic E-state index is 12.0. The molecule has 2 N–H and O–H groups in total. The number of alkyl halides is 1. The average molecular weight is 255 g/mol. The van der Waals surface area contributed by atoms with Crippen LogP contribution in [0.2, 0.25) is 0 Å². The number of alkyl carbamates (subject to hydrolysis) is 1. The molecule has 18 heavy (non-hydrogen) atoms. The van der Waals surface area contributed by atoms with Crippen LogP contribution in [0.15, 0.2) is 30.3 Å². The summed E-state index contributed by atoms with van der Waals surface area (Å²) in [7, 11) is 0.